The van der Waals surface area contributed by atoms with Gasteiger partial charge in [0.2, 0.25) is 0 Å². The van der Waals surface area contributed by atoms with Gasteiger partial charge >= 0.3 is 0 Å². The normalized spacial score (nSPS) is 10.0. The zero-order valence-corrected chi connectivity index (χ0v) is 6.34. The molecule has 0 aliphatic carbocycles. The molecule has 6 heteroatoms. The van der Waals surface area contributed by atoms with Crippen LogP contribution >= 0.6 is 0 Å². The quantitative estimate of drug-likeness (QED) is 0.677. The number of nitrogens with one attached hydrogen (secondary N) is 1. The van der Waals surface area contributed by atoms with Crippen LogP contribution in [0.2, 0.25) is 0 Å². The highest BCUT2D eigenvalue weighted by Gasteiger charge is 2.17. The van der Waals surface area contributed by atoms with E-state index in [-0.39, 0.29) is 5.82 Å². The van der Waals surface area contributed by atoms with Crippen molar-refractivity contribution in [3.63, 3.8) is 0 Å². The second-order valence-electron chi connectivity index (χ2n) is 2.29. The Morgan fingerprint density at radius 1 is 1.62 bits per heavy atom. The summed E-state index contributed by atoms with van der Waals surface area (Å²) in [5.74, 6) is -0.106. The Labute approximate surface area is 71.6 Å². The van der Waals surface area contributed by atoms with E-state index in [1.165, 1.54) is 6.07 Å². The van der Waals surface area contributed by atoms with Gasteiger partial charge in [0.05, 0.1) is 5.56 Å². The molecule has 0 aliphatic heterocycles. The van der Waals surface area contributed by atoms with Crippen LogP contribution in [0, 0.1) is 11.3 Å². The lowest BCUT2D eigenvalue weighted by molar-refractivity contribution is 0.149. The molecule has 0 fully saturated rings. The van der Waals surface area contributed by atoms with E-state index in [4.69, 9.17) is 11.0 Å². The van der Waals surface area contributed by atoms with Gasteiger partial charge in [0.25, 0.3) is 6.43 Å². The number of nitrogen functional groups attached to an aromatic ring is 1. The summed E-state index contributed by atoms with van der Waals surface area (Å²) in [4.78, 5) is 13.1. The molecule has 0 atom stereocenters. The first-order valence-electron chi connectivity index (χ1n) is 3.27. The first kappa shape index (κ1) is 9.19. The maximum absolute atomic E-state index is 12.2. The van der Waals surface area contributed by atoms with E-state index in [1.807, 2.05) is 0 Å². The van der Waals surface area contributed by atoms with Gasteiger partial charge in [-0.25, -0.2) is 8.78 Å². The second-order valence-corrected chi connectivity index (χ2v) is 2.29. The topological polar surface area (TPSA) is 82.7 Å². The first-order valence-corrected chi connectivity index (χ1v) is 3.27. The number of nitrogens with zero attached hydrogens (tertiary/aromatic N) is 1. The predicted molar refractivity (Wildman–Crippen MR) is 41.1 cm³/mol. The minimum absolute atomic E-state index is 0.106. The number of halogens is 2. The monoisotopic (exact) mass is 185 g/mol. The van der Waals surface area contributed by atoms with Crippen LogP contribution in [0.5, 0.6) is 0 Å². The van der Waals surface area contributed by atoms with Gasteiger partial charge in [-0.1, -0.05) is 0 Å². The van der Waals surface area contributed by atoms with Gasteiger partial charge in [-0.15, -0.1) is 0 Å². The lowest BCUT2D eigenvalue weighted by Crippen LogP contribution is -2.14. The molecule has 13 heavy (non-hydrogen) atoms. The maximum Gasteiger partial charge on any atom is 0.270 e. The summed E-state index contributed by atoms with van der Waals surface area (Å²) < 4.78 is 24.4. The van der Waals surface area contributed by atoms with E-state index >= 15 is 0 Å². The molecule has 1 aromatic heterocycles. The van der Waals surface area contributed by atoms with Gasteiger partial charge in [0.15, 0.2) is 5.43 Å². The van der Waals surface area contributed by atoms with E-state index < -0.39 is 23.1 Å². The van der Waals surface area contributed by atoms with Crippen LogP contribution in [0.25, 0.3) is 0 Å². The lowest BCUT2D eigenvalue weighted by Gasteiger charge is -2.01. The molecular formula is C7H5F2N3O. The molecule has 0 bridgehead atoms. The fourth-order valence-corrected chi connectivity index (χ4v) is 0.895. The minimum Gasteiger partial charge on any atom is -0.385 e. The van der Waals surface area contributed by atoms with Crippen molar-refractivity contribution in [2.45, 2.75) is 6.43 Å². The van der Waals surface area contributed by atoms with Crippen LogP contribution in [0.15, 0.2) is 10.9 Å². The summed E-state index contributed by atoms with van der Waals surface area (Å²) in [7, 11) is 0. The van der Waals surface area contributed by atoms with Crippen molar-refractivity contribution in [2.24, 2.45) is 0 Å². The highest BCUT2D eigenvalue weighted by Crippen LogP contribution is 2.17. The minimum atomic E-state index is -2.97. The molecule has 0 amide bonds. The molecule has 0 saturated heterocycles. The smallest absolute Gasteiger partial charge is 0.270 e. The fourth-order valence-electron chi connectivity index (χ4n) is 0.895. The van der Waals surface area contributed by atoms with Crippen molar-refractivity contribution in [1.29, 1.82) is 5.26 Å². The van der Waals surface area contributed by atoms with Crippen LogP contribution in [-0.2, 0) is 0 Å². The van der Waals surface area contributed by atoms with Gasteiger partial charge < -0.3 is 10.7 Å². The maximum atomic E-state index is 12.2. The van der Waals surface area contributed by atoms with Crippen molar-refractivity contribution in [3.05, 3.63) is 27.5 Å². The van der Waals surface area contributed by atoms with E-state index in [1.54, 1.807) is 0 Å². The highest BCUT2D eigenvalue weighted by molar-refractivity contribution is 5.40. The van der Waals surface area contributed by atoms with Crippen molar-refractivity contribution >= 4 is 5.82 Å². The van der Waals surface area contributed by atoms with Crippen molar-refractivity contribution in [2.75, 3.05) is 5.73 Å². The average Bonchev–Trinajstić information content (AvgIpc) is 2.01. The van der Waals surface area contributed by atoms with Crippen LogP contribution in [-0.4, -0.2) is 4.98 Å². The number of rotatable bonds is 1. The van der Waals surface area contributed by atoms with Gasteiger partial charge in [-0.3, -0.25) is 4.79 Å². The number of hydrogen-bond acceptors (Lipinski definition) is 3. The van der Waals surface area contributed by atoms with E-state index in [0.717, 1.165) is 6.07 Å². The Hall–Kier alpha value is -1.90. The molecule has 1 aromatic rings. The van der Waals surface area contributed by atoms with Crippen LogP contribution in [0.3, 0.4) is 0 Å². The van der Waals surface area contributed by atoms with Crippen LogP contribution in [0.1, 0.15) is 17.7 Å². The third-order valence-corrected chi connectivity index (χ3v) is 1.42. The molecule has 3 N–H and O–H groups in total. The zero-order valence-electron chi connectivity index (χ0n) is 6.34. The molecule has 0 unspecified atom stereocenters. The molecule has 0 spiro atoms. The zero-order chi connectivity index (χ0) is 10.0. The first-order chi connectivity index (χ1) is 6.06. The highest BCUT2D eigenvalue weighted by atomic mass is 19.3. The Bertz CT molecular complexity index is 419. The predicted octanol–water partition coefficient (Wildman–Crippen LogP) is 0.766. The number of aromatic amines is 1. The number of nitrogens with two attached hydrogens (primary N) is 1. The van der Waals surface area contributed by atoms with Crippen molar-refractivity contribution in [3.8, 4) is 6.07 Å². The fraction of sp³-hybridized carbons (Fsp3) is 0.143. The summed E-state index contributed by atoms with van der Waals surface area (Å²) in [6.45, 7) is 0. The van der Waals surface area contributed by atoms with Gasteiger partial charge in [0, 0.05) is 6.07 Å². The molecule has 0 radical (unpaired) electrons. The van der Waals surface area contributed by atoms with Crippen LogP contribution < -0.4 is 11.2 Å². The summed E-state index contributed by atoms with van der Waals surface area (Å²) in [5.41, 5.74) is 2.90. The number of pyridine rings is 1. The van der Waals surface area contributed by atoms with Crippen LogP contribution in [0.4, 0.5) is 14.6 Å². The Morgan fingerprint density at radius 3 is 2.69 bits per heavy atom. The molecular weight excluding hydrogens is 180 g/mol. The summed E-state index contributed by atoms with van der Waals surface area (Å²) in [6.07, 6.45) is -2.97. The van der Waals surface area contributed by atoms with Gasteiger partial charge in [0.1, 0.15) is 17.6 Å². The van der Waals surface area contributed by atoms with E-state index in [2.05, 4.69) is 4.98 Å². The molecule has 68 valence electrons. The number of H-pyrrole nitrogens is 1. The van der Waals surface area contributed by atoms with Gasteiger partial charge in [-0.05, 0) is 0 Å². The Morgan fingerprint density at radius 2 is 2.23 bits per heavy atom. The number of hydrogen-bond donors (Lipinski definition) is 2. The Balaban J connectivity index is 3.51. The average molecular weight is 185 g/mol. The number of anilines is 1. The number of nitriles is 1. The molecule has 0 aromatic carbocycles. The second kappa shape index (κ2) is 3.23. The largest absolute Gasteiger partial charge is 0.385 e. The molecule has 0 aliphatic rings. The molecule has 0 saturated carbocycles. The molecule has 1 heterocycles. The standard InChI is InChI=1S/C7H5F2N3O/c8-7(9)6-3(2-10)12-5(11)1-4(6)13/h1,7H,(H3,11,12,13). The van der Waals surface area contributed by atoms with Crippen molar-refractivity contribution < 1.29 is 8.78 Å². The third-order valence-electron chi connectivity index (χ3n) is 1.42. The molecule has 4 nitrogen and oxygen atoms in total. The van der Waals surface area contributed by atoms with E-state index in [9.17, 15) is 13.6 Å². The Kier molecular flexibility index (Phi) is 2.28. The van der Waals surface area contributed by atoms with Gasteiger partial charge in [-0.2, -0.15) is 5.26 Å². The summed E-state index contributed by atoms with van der Waals surface area (Å²) in [5, 5.41) is 8.41. The SMILES string of the molecule is N#Cc1[nH]c(N)cc(=O)c1C(F)F. The molecule has 1 rings (SSSR count). The summed E-state index contributed by atoms with van der Waals surface area (Å²) in [6, 6.07) is 2.26. The van der Waals surface area contributed by atoms with E-state index in [0.29, 0.717) is 0 Å². The lowest BCUT2D eigenvalue weighted by atomic mass is 10.2. The number of aromatic nitrogens is 1. The third kappa shape index (κ3) is 1.64. The summed E-state index contributed by atoms with van der Waals surface area (Å²) >= 11 is 0. The van der Waals surface area contributed by atoms with Crippen molar-refractivity contribution in [1.82, 2.24) is 4.98 Å². The number of alkyl halides is 2.